The quantitative estimate of drug-likeness (QED) is 0.693. The molecule has 0 aliphatic carbocycles. The predicted molar refractivity (Wildman–Crippen MR) is 55.9 cm³/mol. The van der Waals surface area contributed by atoms with Crippen molar-refractivity contribution in [1.82, 2.24) is 9.97 Å². The van der Waals surface area contributed by atoms with Crippen molar-refractivity contribution in [2.75, 3.05) is 7.11 Å². The second kappa shape index (κ2) is 3.82. The summed E-state index contributed by atoms with van der Waals surface area (Å²) >= 11 is 5.68. The first kappa shape index (κ1) is 9.86. The second-order valence-electron chi connectivity index (χ2n) is 2.89. The van der Waals surface area contributed by atoms with Crippen LogP contribution in [0, 0.1) is 0 Å². The van der Waals surface area contributed by atoms with E-state index in [1.54, 1.807) is 18.2 Å². The average molecular weight is 223 g/mol. The molecule has 15 heavy (non-hydrogen) atoms. The van der Waals surface area contributed by atoms with Crippen LogP contribution in [0.2, 0.25) is 5.15 Å². The van der Waals surface area contributed by atoms with Crippen LogP contribution in [0.3, 0.4) is 0 Å². The molecule has 0 saturated heterocycles. The number of hydrogen-bond donors (Lipinski definition) is 0. The summed E-state index contributed by atoms with van der Waals surface area (Å²) < 4.78 is 4.60. The molecule has 0 aliphatic rings. The molecule has 0 saturated carbocycles. The zero-order valence-electron chi connectivity index (χ0n) is 7.90. The number of rotatable bonds is 1. The smallest absolute Gasteiger partial charge is 0.337 e. The Balaban J connectivity index is 2.57. The summed E-state index contributed by atoms with van der Waals surface area (Å²) in [7, 11) is 1.33. The predicted octanol–water partition coefficient (Wildman–Crippen LogP) is 2.07. The molecule has 2 rings (SSSR count). The van der Waals surface area contributed by atoms with E-state index in [0.717, 1.165) is 0 Å². The monoisotopic (exact) mass is 222 g/mol. The van der Waals surface area contributed by atoms with Crippen molar-refractivity contribution < 1.29 is 9.53 Å². The molecule has 1 aromatic carbocycles. The lowest BCUT2D eigenvalue weighted by Crippen LogP contribution is -2.01. The third-order valence-corrected chi connectivity index (χ3v) is 2.12. The summed E-state index contributed by atoms with van der Waals surface area (Å²) in [6, 6.07) is 4.92. The topological polar surface area (TPSA) is 52.1 Å². The molecule has 0 amide bonds. The van der Waals surface area contributed by atoms with Gasteiger partial charge >= 0.3 is 5.97 Å². The zero-order chi connectivity index (χ0) is 10.8. The molecule has 1 heterocycles. The van der Waals surface area contributed by atoms with Crippen molar-refractivity contribution in [2.24, 2.45) is 0 Å². The van der Waals surface area contributed by atoms with Crippen LogP contribution in [-0.4, -0.2) is 23.0 Å². The summed E-state index contributed by atoms with van der Waals surface area (Å²) in [6.07, 6.45) is 1.44. The van der Waals surface area contributed by atoms with Gasteiger partial charge in [-0.05, 0) is 18.2 Å². The van der Waals surface area contributed by atoms with Crippen LogP contribution in [0.4, 0.5) is 0 Å². The molecule has 0 fully saturated rings. The largest absolute Gasteiger partial charge is 0.465 e. The Kier molecular flexibility index (Phi) is 2.51. The van der Waals surface area contributed by atoms with E-state index in [1.807, 2.05) is 0 Å². The van der Waals surface area contributed by atoms with Crippen LogP contribution in [0.1, 0.15) is 10.4 Å². The normalized spacial score (nSPS) is 10.3. The molecule has 0 unspecified atom stereocenters. The van der Waals surface area contributed by atoms with Crippen molar-refractivity contribution in [1.29, 1.82) is 0 Å². The van der Waals surface area contributed by atoms with Gasteiger partial charge in [-0.3, -0.25) is 4.98 Å². The standard InChI is InChI=1S/C10H7ClN2O2/c1-15-10(14)6-2-3-7-8(4-6)12-5-9(11)13-7/h2-5H,1H3. The van der Waals surface area contributed by atoms with E-state index in [-0.39, 0.29) is 0 Å². The fraction of sp³-hybridized carbons (Fsp3) is 0.100. The van der Waals surface area contributed by atoms with Crippen molar-refractivity contribution >= 4 is 28.6 Å². The van der Waals surface area contributed by atoms with Crippen LogP contribution >= 0.6 is 11.6 Å². The van der Waals surface area contributed by atoms with E-state index < -0.39 is 5.97 Å². The minimum Gasteiger partial charge on any atom is -0.465 e. The summed E-state index contributed by atoms with van der Waals surface area (Å²) in [4.78, 5) is 19.3. The summed E-state index contributed by atoms with van der Waals surface area (Å²) in [5, 5.41) is 0.327. The third kappa shape index (κ3) is 1.89. The van der Waals surface area contributed by atoms with Gasteiger partial charge < -0.3 is 4.74 Å². The lowest BCUT2D eigenvalue weighted by molar-refractivity contribution is 0.0601. The lowest BCUT2D eigenvalue weighted by Gasteiger charge is -2.00. The van der Waals surface area contributed by atoms with Gasteiger partial charge in [0.15, 0.2) is 0 Å². The molecule has 2 aromatic rings. The van der Waals surface area contributed by atoms with Gasteiger partial charge in [0.2, 0.25) is 0 Å². The van der Waals surface area contributed by atoms with Gasteiger partial charge in [0.25, 0.3) is 0 Å². The van der Waals surface area contributed by atoms with E-state index in [1.165, 1.54) is 13.3 Å². The molecule has 0 aliphatic heterocycles. The summed E-state index contributed by atoms with van der Waals surface area (Å²) in [5.41, 5.74) is 1.71. The molecule has 1 aromatic heterocycles. The molecule has 5 heteroatoms. The van der Waals surface area contributed by atoms with E-state index in [2.05, 4.69) is 14.7 Å². The van der Waals surface area contributed by atoms with Gasteiger partial charge in [-0.2, -0.15) is 0 Å². The number of benzene rings is 1. The maximum absolute atomic E-state index is 11.2. The Morgan fingerprint density at radius 2 is 2.20 bits per heavy atom. The van der Waals surface area contributed by atoms with Gasteiger partial charge in [-0.15, -0.1) is 0 Å². The Hall–Kier alpha value is -1.68. The minimum atomic E-state index is -0.395. The molecule has 0 N–H and O–H groups in total. The highest BCUT2D eigenvalue weighted by molar-refractivity contribution is 6.29. The van der Waals surface area contributed by atoms with Crippen LogP contribution in [-0.2, 0) is 4.74 Å². The van der Waals surface area contributed by atoms with E-state index in [9.17, 15) is 4.79 Å². The van der Waals surface area contributed by atoms with Gasteiger partial charge in [0, 0.05) is 0 Å². The first-order valence-corrected chi connectivity index (χ1v) is 4.59. The van der Waals surface area contributed by atoms with Crippen LogP contribution in [0.5, 0.6) is 0 Å². The highest BCUT2D eigenvalue weighted by Gasteiger charge is 2.06. The van der Waals surface area contributed by atoms with Crippen molar-refractivity contribution in [3.63, 3.8) is 0 Å². The number of ether oxygens (including phenoxy) is 1. The Morgan fingerprint density at radius 3 is 2.93 bits per heavy atom. The first-order chi connectivity index (χ1) is 7.20. The van der Waals surface area contributed by atoms with Gasteiger partial charge in [0.05, 0.1) is 29.9 Å². The SMILES string of the molecule is COC(=O)c1ccc2nc(Cl)cnc2c1. The second-order valence-corrected chi connectivity index (χ2v) is 3.28. The fourth-order valence-electron chi connectivity index (χ4n) is 1.23. The van der Waals surface area contributed by atoms with Crippen molar-refractivity contribution in [3.05, 3.63) is 35.1 Å². The number of carbonyl (C=O) groups is 1. The van der Waals surface area contributed by atoms with Gasteiger partial charge in [-0.1, -0.05) is 11.6 Å². The summed E-state index contributed by atoms with van der Waals surface area (Å²) in [6.45, 7) is 0. The fourth-order valence-corrected chi connectivity index (χ4v) is 1.37. The van der Waals surface area contributed by atoms with E-state index in [0.29, 0.717) is 21.7 Å². The maximum Gasteiger partial charge on any atom is 0.337 e. The van der Waals surface area contributed by atoms with Crippen molar-refractivity contribution in [2.45, 2.75) is 0 Å². The Labute approximate surface area is 90.9 Å². The molecule has 0 atom stereocenters. The first-order valence-electron chi connectivity index (χ1n) is 4.21. The van der Waals surface area contributed by atoms with Crippen LogP contribution in [0.25, 0.3) is 11.0 Å². The van der Waals surface area contributed by atoms with Gasteiger partial charge in [-0.25, -0.2) is 9.78 Å². The summed E-state index contributed by atoms with van der Waals surface area (Å²) in [5.74, 6) is -0.395. The third-order valence-electron chi connectivity index (χ3n) is 1.93. The zero-order valence-corrected chi connectivity index (χ0v) is 8.65. The molecule has 0 radical (unpaired) electrons. The number of methoxy groups -OCH3 is 1. The molecule has 76 valence electrons. The maximum atomic E-state index is 11.2. The lowest BCUT2D eigenvalue weighted by atomic mass is 10.2. The van der Waals surface area contributed by atoms with E-state index in [4.69, 9.17) is 11.6 Å². The number of fused-ring (bicyclic) bond motifs is 1. The minimum absolute atomic E-state index is 0.327. The van der Waals surface area contributed by atoms with E-state index >= 15 is 0 Å². The average Bonchev–Trinajstić information content (AvgIpc) is 2.27. The highest BCUT2D eigenvalue weighted by Crippen LogP contribution is 2.14. The number of aromatic nitrogens is 2. The Morgan fingerprint density at radius 1 is 1.40 bits per heavy atom. The molecule has 4 nitrogen and oxygen atoms in total. The van der Waals surface area contributed by atoms with Crippen LogP contribution in [0.15, 0.2) is 24.4 Å². The highest BCUT2D eigenvalue weighted by atomic mass is 35.5. The Bertz CT molecular complexity index is 528. The number of hydrogen-bond acceptors (Lipinski definition) is 4. The van der Waals surface area contributed by atoms with Crippen LogP contribution < -0.4 is 0 Å². The van der Waals surface area contributed by atoms with Gasteiger partial charge in [0.1, 0.15) is 5.15 Å². The number of nitrogens with zero attached hydrogens (tertiary/aromatic N) is 2. The molecule has 0 bridgehead atoms. The number of esters is 1. The molecular formula is C10H7ClN2O2. The molecule has 0 spiro atoms. The van der Waals surface area contributed by atoms with Crippen molar-refractivity contribution in [3.8, 4) is 0 Å². The number of halogens is 1. The number of carbonyl (C=O) groups excluding carboxylic acids is 1. The molecular weight excluding hydrogens is 216 g/mol.